The van der Waals surface area contributed by atoms with E-state index in [2.05, 4.69) is 21.2 Å². The summed E-state index contributed by atoms with van der Waals surface area (Å²) in [4.78, 5) is 26.2. The molecular formula is C25H24FN5O2. The van der Waals surface area contributed by atoms with Crippen molar-refractivity contribution in [3.05, 3.63) is 69.7 Å². The Balaban J connectivity index is 1.40. The van der Waals surface area contributed by atoms with Crippen LogP contribution in [0, 0.1) is 30.0 Å². The van der Waals surface area contributed by atoms with Crippen molar-refractivity contribution >= 4 is 6.29 Å². The van der Waals surface area contributed by atoms with E-state index in [-0.39, 0.29) is 17.1 Å². The third-order valence-electron chi connectivity index (χ3n) is 6.97. The maximum Gasteiger partial charge on any atom is 0.348 e. The highest BCUT2D eigenvalue weighted by atomic mass is 19.1. The number of hydrogen-bond donors (Lipinski definition) is 1. The molecule has 0 unspecified atom stereocenters. The Hall–Kier alpha value is -3.57. The zero-order valence-electron chi connectivity index (χ0n) is 18.3. The van der Waals surface area contributed by atoms with Crippen LogP contribution >= 0.6 is 0 Å². The number of nitriles is 1. The minimum absolute atomic E-state index is 0.153. The van der Waals surface area contributed by atoms with Crippen LogP contribution in [0.3, 0.4) is 0 Å². The summed E-state index contributed by atoms with van der Waals surface area (Å²) in [6, 6.07) is 12.1. The number of benzene rings is 2. The quantitative estimate of drug-likeness (QED) is 0.588. The Kier molecular flexibility index (Phi) is 5.22. The lowest BCUT2D eigenvalue weighted by atomic mass is 9.98. The van der Waals surface area contributed by atoms with Gasteiger partial charge >= 0.3 is 5.69 Å². The van der Waals surface area contributed by atoms with Crippen LogP contribution in [0.5, 0.6) is 0 Å². The highest BCUT2D eigenvalue weighted by molar-refractivity contribution is 5.70. The lowest BCUT2D eigenvalue weighted by molar-refractivity contribution is -0.113. The summed E-state index contributed by atoms with van der Waals surface area (Å²) in [5.74, 6) is 0.218. The molecule has 0 bridgehead atoms. The van der Waals surface area contributed by atoms with Crippen molar-refractivity contribution in [2.24, 2.45) is 5.92 Å². The van der Waals surface area contributed by atoms with Gasteiger partial charge in [-0.3, -0.25) is 4.90 Å². The number of H-pyrrole nitrogens is 1. The van der Waals surface area contributed by atoms with Crippen LogP contribution in [0.15, 0.2) is 41.2 Å². The van der Waals surface area contributed by atoms with Crippen molar-refractivity contribution in [3.8, 4) is 22.9 Å². The number of aromatic amines is 1. The van der Waals surface area contributed by atoms with E-state index in [4.69, 9.17) is 5.26 Å². The Labute approximate surface area is 190 Å². The van der Waals surface area contributed by atoms with Crippen molar-refractivity contribution in [2.45, 2.75) is 38.1 Å². The Morgan fingerprint density at radius 2 is 2.12 bits per heavy atom. The predicted molar refractivity (Wildman–Crippen MR) is 120 cm³/mol. The van der Waals surface area contributed by atoms with Crippen molar-refractivity contribution in [3.63, 3.8) is 0 Å². The molecule has 1 aromatic heterocycles. The van der Waals surface area contributed by atoms with E-state index in [1.165, 1.54) is 10.6 Å². The van der Waals surface area contributed by atoms with Gasteiger partial charge in [0.25, 0.3) is 0 Å². The fourth-order valence-corrected chi connectivity index (χ4v) is 4.93. The van der Waals surface area contributed by atoms with E-state index in [9.17, 15) is 9.59 Å². The first-order valence-electron chi connectivity index (χ1n) is 11.1. The van der Waals surface area contributed by atoms with Crippen molar-refractivity contribution < 1.29 is 9.18 Å². The first-order chi connectivity index (χ1) is 15.9. The van der Waals surface area contributed by atoms with Crippen LogP contribution in [-0.2, 0) is 11.2 Å². The van der Waals surface area contributed by atoms with Gasteiger partial charge in [0.1, 0.15) is 17.9 Å². The third-order valence-corrected chi connectivity index (χ3v) is 6.97. The Bertz CT molecular complexity index is 1330. The van der Waals surface area contributed by atoms with Crippen molar-refractivity contribution in [1.82, 2.24) is 19.7 Å². The maximum atomic E-state index is 15.2. The second-order valence-electron chi connectivity index (χ2n) is 9.11. The molecule has 1 aliphatic heterocycles. The lowest BCUT2D eigenvalue weighted by Gasteiger charge is -2.22. The third kappa shape index (κ3) is 3.79. The molecule has 168 valence electrons. The van der Waals surface area contributed by atoms with Gasteiger partial charge in [-0.05, 0) is 79.6 Å². The summed E-state index contributed by atoms with van der Waals surface area (Å²) in [5.41, 5.74) is 2.31. The molecule has 8 heteroatoms. The summed E-state index contributed by atoms with van der Waals surface area (Å²) >= 11 is 0. The summed E-state index contributed by atoms with van der Waals surface area (Å²) in [6.07, 6.45) is 4.32. The van der Waals surface area contributed by atoms with Crippen LogP contribution < -0.4 is 5.69 Å². The van der Waals surface area contributed by atoms with E-state index in [0.717, 1.165) is 49.8 Å². The Morgan fingerprint density at radius 1 is 1.30 bits per heavy atom. The minimum atomic E-state index is -0.521. The molecule has 0 radical (unpaired) electrons. The smallest absolute Gasteiger partial charge is 0.301 e. The fourth-order valence-electron chi connectivity index (χ4n) is 4.93. The van der Waals surface area contributed by atoms with Gasteiger partial charge in [0.2, 0.25) is 0 Å². The first kappa shape index (κ1) is 21.3. The van der Waals surface area contributed by atoms with Crippen molar-refractivity contribution in [2.75, 3.05) is 13.1 Å². The monoisotopic (exact) mass is 445 g/mol. The molecule has 2 aromatic carbocycles. The van der Waals surface area contributed by atoms with Crippen LogP contribution in [0.1, 0.15) is 36.2 Å². The van der Waals surface area contributed by atoms with Gasteiger partial charge in [-0.2, -0.15) is 10.4 Å². The second-order valence-corrected chi connectivity index (χ2v) is 9.11. The summed E-state index contributed by atoms with van der Waals surface area (Å²) in [5, 5.41) is 15.7. The van der Waals surface area contributed by atoms with Crippen LogP contribution in [-0.4, -0.2) is 44.6 Å². The topological polar surface area (TPSA) is 94.8 Å². The van der Waals surface area contributed by atoms with Gasteiger partial charge < -0.3 is 4.79 Å². The first-order valence-corrected chi connectivity index (χ1v) is 11.1. The van der Waals surface area contributed by atoms with Gasteiger partial charge in [0.05, 0.1) is 22.9 Å². The molecule has 1 atom stereocenters. The van der Waals surface area contributed by atoms with Crippen LogP contribution in [0.4, 0.5) is 4.39 Å². The Morgan fingerprint density at radius 3 is 2.79 bits per heavy atom. The number of rotatable bonds is 6. The van der Waals surface area contributed by atoms with Gasteiger partial charge in [-0.25, -0.2) is 18.9 Å². The zero-order chi connectivity index (χ0) is 23.2. The van der Waals surface area contributed by atoms with E-state index in [1.807, 2.05) is 6.92 Å². The summed E-state index contributed by atoms with van der Waals surface area (Å²) < 4.78 is 16.5. The van der Waals surface area contributed by atoms with Gasteiger partial charge in [0, 0.05) is 13.0 Å². The SMILES string of the molecule is Cc1cc(C#N)ccc1-c1ccc(-n2c(C[C@@H]3CCN(C4(C=O)CC4)C3)n[nH]c2=O)c(F)c1. The number of aryl methyl sites for hydroxylation is 1. The molecule has 2 fully saturated rings. The average molecular weight is 445 g/mol. The number of carbonyl (C=O) groups is 1. The molecule has 0 spiro atoms. The molecule has 0 amide bonds. The lowest BCUT2D eigenvalue weighted by Crippen LogP contribution is -2.36. The summed E-state index contributed by atoms with van der Waals surface area (Å²) in [6.45, 7) is 3.51. The number of halogens is 1. The number of likely N-dealkylation sites (tertiary alicyclic amines) is 1. The van der Waals surface area contributed by atoms with Gasteiger partial charge in [0.15, 0.2) is 0 Å². The number of nitrogens with zero attached hydrogens (tertiary/aromatic N) is 4. The second kappa shape index (κ2) is 8.09. The molecule has 1 aliphatic carbocycles. The standard InChI is InChI=1S/C25H24FN5O2/c1-16-10-17(13-27)2-4-20(16)19-3-5-22(21(26)12-19)31-23(28-29-24(31)33)11-18-6-9-30(14-18)25(15-32)7-8-25/h2-5,10,12,15,18H,6-9,11,14H2,1H3,(H,29,33)/t18-/m0/s1. The normalized spacial score (nSPS) is 19.4. The molecule has 1 N–H and O–H groups in total. The number of aromatic nitrogens is 3. The number of hydrogen-bond acceptors (Lipinski definition) is 5. The maximum absolute atomic E-state index is 15.2. The molecule has 1 saturated carbocycles. The average Bonchev–Trinajstić information content (AvgIpc) is 3.34. The molecule has 2 aliphatic rings. The van der Waals surface area contributed by atoms with E-state index in [0.29, 0.717) is 23.4 Å². The van der Waals surface area contributed by atoms with Gasteiger partial charge in [-0.15, -0.1) is 0 Å². The number of carbonyl (C=O) groups excluding carboxylic acids is 1. The highest BCUT2D eigenvalue weighted by Gasteiger charge is 2.50. The number of aldehydes is 1. The molecule has 33 heavy (non-hydrogen) atoms. The van der Waals surface area contributed by atoms with Crippen LogP contribution in [0.25, 0.3) is 16.8 Å². The predicted octanol–water partition coefficient (Wildman–Crippen LogP) is 3.14. The molecule has 1 saturated heterocycles. The van der Waals surface area contributed by atoms with Crippen LogP contribution in [0.2, 0.25) is 0 Å². The molecular weight excluding hydrogens is 421 g/mol. The molecule has 2 heterocycles. The molecule has 5 rings (SSSR count). The van der Waals surface area contributed by atoms with E-state index in [1.54, 1.807) is 30.3 Å². The molecule has 3 aromatic rings. The largest absolute Gasteiger partial charge is 0.348 e. The molecule has 7 nitrogen and oxygen atoms in total. The minimum Gasteiger partial charge on any atom is -0.301 e. The van der Waals surface area contributed by atoms with E-state index < -0.39 is 11.5 Å². The zero-order valence-corrected chi connectivity index (χ0v) is 18.3. The fraction of sp³-hybridized carbons (Fsp3) is 0.360. The highest BCUT2D eigenvalue weighted by Crippen LogP contribution is 2.42. The van der Waals surface area contributed by atoms with E-state index >= 15 is 4.39 Å². The number of nitrogens with one attached hydrogen (secondary N) is 1. The van der Waals surface area contributed by atoms with Gasteiger partial charge in [-0.1, -0.05) is 12.1 Å². The summed E-state index contributed by atoms with van der Waals surface area (Å²) in [7, 11) is 0. The van der Waals surface area contributed by atoms with Crippen molar-refractivity contribution in [1.29, 1.82) is 5.26 Å².